The van der Waals surface area contributed by atoms with Crippen LogP contribution in [-0.2, 0) is 6.61 Å². The van der Waals surface area contributed by atoms with Gasteiger partial charge in [-0.1, -0.05) is 19.9 Å². The molecule has 1 aliphatic rings. The summed E-state index contributed by atoms with van der Waals surface area (Å²) in [5.74, 6) is 1.73. The number of aromatic nitrogens is 1. The van der Waals surface area contributed by atoms with E-state index in [1.807, 2.05) is 19.1 Å². The molecule has 1 N–H and O–H groups in total. The van der Waals surface area contributed by atoms with Crippen molar-refractivity contribution in [1.29, 1.82) is 0 Å². The molecule has 1 atom stereocenters. The first-order chi connectivity index (χ1) is 8.13. The Bertz CT molecular complexity index is 390. The summed E-state index contributed by atoms with van der Waals surface area (Å²) in [7, 11) is 0. The first-order valence-electron chi connectivity index (χ1n) is 6.47. The number of anilines is 1. The summed E-state index contributed by atoms with van der Waals surface area (Å²) in [6.07, 6.45) is 2.52. The molecule has 0 bridgehead atoms. The third kappa shape index (κ3) is 2.44. The van der Waals surface area contributed by atoms with E-state index < -0.39 is 0 Å². The highest BCUT2D eigenvalue weighted by atomic mass is 16.3. The molecule has 2 rings (SSSR count). The summed E-state index contributed by atoms with van der Waals surface area (Å²) in [5.41, 5.74) is 1.87. The zero-order valence-corrected chi connectivity index (χ0v) is 11.0. The van der Waals surface area contributed by atoms with Crippen LogP contribution in [0, 0.1) is 12.8 Å². The van der Waals surface area contributed by atoms with Crippen molar-refractivity contribution in [1.82, 2.24) is 4.98 Å². The third-order valence-corrected chi connectivity index (χ3v) is 3.71. The van der Waals surface area contributed by atoms with E-state index in [0.717, 1.165) is 23.6 Å². The summed E-state index contributed by atoms with van der Waals surface area (Å²) in [5, 5.41) is 9.16. The fourth-order valence-electron chi connectivity index (χ4n) is 2.67. The number of aliphatic hydroxyl groups excluding tert-OH is 1. The van der Waals surface area contributed by atoms with Crippen molar-refractivity contribution in [2.24, 2.45) is 5.92 Å². The Morgan fingerprint density at radius 3 is 2.82 bits per heavy atom. The van der Waals surface area contributed by atoms with E-state index >= 15 is 0 Å². The summed E-state index contributed by atoms with van der Waals surface area (Å²) in [4.78, 5) is 7.04. The minimum absolute atomic E-state index is 0.0761. The number of aryl methyl sites for hydroxylation is 1. The van der Waals surface area contributed by atoms with Gasteiger partial charge in [-0.2, -0.15) is 0 Å². The van der Waals surface area contributed by atoms with Crippen LogP contribution in [0.3, 0.4) is 0 Å². The summed E-state index contributed by atoms with van der Waals surface area (Å²) in [6.45, 7) is 7.70. The first kappa shape index (κ1) is 12.4. The maximum absolute atomic E-state index is 9.16. The van der Waals surface area contributed by atoms with Gasteiger partial charge in [-0.25, -0.2) is 4.98 Å². The van der Waals surface area contributed by atoms with Gasteiger partial charge in [-0.3, -0.25) is 0 Å². The molecule has 17 heavy (non-hydrogen) atoms. The monoisotopic (exact) mass is 234 g/mol. The Morgan fingerprint density at radius 2 is 2.24 bits per heavy atom. The van der Waals surface area contributed by atoms with E-state index in [-0.39, 0.29) is 6.61 Å². The molecule has 1 aromatic heterocycles. The van der Waals surface area contributed by atoms with Crippen molar-refractivity contribution in [3.05, 3.63) is 23.4 Å². The minimum Gasteiger partial charge on any atom is -0.392 e. The predicted molar refractivity (Wildman–Crippen MR) is 70.1 cm³/mol. The second-order valence-electron chi connectivity index (χ2n) is 5.22. The Hall–Kier alpha value is -1.09. The molecule has 2 heterocycles. The van der Waals surface area contributed by atoms with Gasteiger partial charge in [0, 0.05) is 18.3 Å². The SMILES string of the molecule is Cc1nc(N2CCCC2C(C)C)ccc1CO. The average Bonchev–Trinajstić information content (AvgIpc) is 2.77. The number of rotatable bonds is 3. The van der Waals surface area contributed by atoms with Gasteiger partial charge in [0.1, 0.15) is 5.82 Å². The van der Waals surface area contributed by atoms with Crippen molar-refractivity contribution >= 4 is 5.82 Å². The first-order valence-corrected chi connectivity index (χ1v) is 6.47. The maximum Gasteiger partial charge on any atom is 0.129 e. The van der Waals surface area contributed by atoms with Gasteiger partial charge in [0.15, 0.2) is 0 Å². The smallest absolute Gasteiger partial charge is 0.129 e. The molecular formula is C14H22N2O. The molecule has 1 saturated heterocycles. The number of nitrogens with zero attached hydrogens (tertiary/aromatic N) is 2. The van der Waals surface area contributed by atoms with Crippen LogP contribution in [0.5, 0.6) is 0 Å². The molecule has 3 nitrogen and oxygen atoms in total. The number of hydrogen-bond donors (Lipinski definition) is 1. The van der Waals surface area contributed by atoms with Crippen molar-refractivity contribution in [2.75, 3.05) is 11.4 Å². The van der Waals surface area contributed by atoms with E-state index in [0.29, 0.717) is 12.0 Å². The molecule has 94 valence electrons. The van der Waals surface area contributed by atoms with Crippen molar-refractivity contribution < 1.29 is 5.11 Å². The lowest BCUT2D eigenvalue weighted by molar-refractivity contribution is 0.280. The highest BCUT2D eigenvalue weighted by molar-refractivity contribution is 5.44. The summed E-state index contributed by atoms with van der Waals surface area (Å²) >= 11 is 0. The zero-order valence-electron chi connectivity index (χ0n) is 11.0. The summed E-state index contributed by atoms with van der Waals surface area (Å²) in [6, 6.07) is 4.65. The largest absolute Gasteiger partial charge is 0.392 e. The van der Waals surface area contributed by atoms with Crippen LogP contribution in [0.1, 0.15) is 37.9 Å². The van der Waals surface area contributed by atoms with Crippen LogP contribution in [-0.4, -0.2) is 22.7 Å². The van der Waals surface area contributed by atoms with Crippen molar-refractivity contribution in [3.63, 3.8) is 0 Å². The molecule has 0 aliphatic carbocycles. The maximum atomic E-state index is 9.16. The van der Waals surface area contributed by atoms with Crippen LogP contribution in [0.25, 0.3) is 0 Å². The van der Waals surface area contributed by atoms with E-state index in [1.165, 1.54) is 12.8 Å². The highest BCUT2D eigenvalue weighted by Crippen LogP contribution is 2.28. The molecule has 0 aromatic carbocycles. The van der Waals surface area contributed by atoms with Gasteiger partial charge in [0.25, 0.3) is 0 Å². The van der Waals surface area contributed by atoms with Crippen molar-refractivity contribution in [3.8, 4) is 0 Å². The standard InChI is InChI=1S/C14H22N2O/c1-10(2)13-5-4-8-16(13)14-7-6-12(9-17)11(3)15-14/h6-7,10,13,17H,4-5,8-9H2,1-3H3. The molecule has 1 fully saturated rings. The topological polar surface area (TPSA) is 36.4 Å². The normalized spacial score (nSPS) is 20.3. The average molecular weight is 234 g/mol. The van der Waals surface area contributed by atoms with Gasteiger partial charge in [-0.15, -0.1) is 0 Å². The van der Waals surface area contributed by atoms with Crippen LogP contribution in [0.2, 0.25) is 0 Å². The zero-order chi connectivity index (χ0) is 12.4. The molecule has 1 aromatic rings. The molecular weight excluding hydrogens is 212 g/mol. The van der Waals surface area contributed by atoms with Gasteiger partial charge in [0.05, 0.1) is 6.61 Å². The molecule has 0 saturated carbocycles. The van der Waals surface area contributed by atoms with E-state index in [1.54, 1.807) is 0 Å². The lowest BCUT2D eigenvalue weighted by Gasteiger charge is -2.29. The second kappa shape index (κ2) is 5.05. The molecule has 1 aliphatic heterocycles. The lowest BCUT2D eigenvalue weighted by Crippen LogP contribution is -2.34. The fraction of sp³-hybridized carbons (Fsp3) is 0.643. The van der Waals surface area contributed by atoms with E-state index in [4.69, 9.17) is 5.11 Å². The van der Waals surface area contributed by atoms with Crippen LogP contribution < -0.4 is 4.90 Å². The second-order valence-corrected chi connectivity index (χ2v) is 5.22. The molecule has 0 spiro atoms. The fourth-order valence-corrected chi connectivity index (χ4v) is 2.67. The Kier molecular flexibility index (Phi) is 3.67. The Morgan fingerprint density at radius 1 is 1.47 bits per heavy atom. The Labute approximate surface area is 103 Å². The quantitative estimate of drug-likeness (QED) is 0.873. The highest BCUT2D eigenvalue weighted by Gasteiger charge is 2.28. The molecule has 0 amide bonds. The van der Waals surface area contributed by atoms with Crippen LogP contribution in [0.15, 0.2) is 12.1 Å². The minimum atomic E-state index is 0.0761. The van der Waals surface area contributed by atoms with Crippen molar-refractivity contribution in [2.45, 2.75) is 46.3 Å². The number of aliphatic hydroxyl groups is 1. The molecule has 1 unspecified atom stereocenters. The number of hydrogen-bond acceptors (Lipinski definition) is 3. The van der Waals surface area contributed by atoms with Crippen LogP contribution in [0.4, 0.5) is 5.82 Å². The molecule has 3 heteroatoms. The van der Waals surface area contributed by atoms with Gasteiger partial charge >= 0.3 is 0 Å². The van der Waals surface area contributed by atoms with Gasteiger partial charge in [0.2, 0.25) is 0 Å². The van der Waals surface area contributed by atoms with Crippen LogP contribution >= 0.6 is 0 Å². The third-order valence-electron chi connectivity index (χ3n) is 3.71. The Balaban J connectivity index is 2.24. The lowest BCUT2D eigenvalue weighted by atomic mass is 10.0. The van der Waals surface area contributed by atoms with Gasteiger partial charge < -0.3 is 10.0 Å². The summed E-state index contributed by atoms with van der Waals surface area (Å²) < 4.78 is 0. The van der Waals surface area contributed by atoms with E-state index in [9.17, 15) is 0 Å². The number of pyridine rings is 1. The van der Waals surface area contributed by atoms with Gasteiger partial charge in [-0.05, 0) is 37.3 Å². The predicted octanol–water partition coefficient (Wildman–Crippen LogP) is 2.51. The molecule has 0 radical (unpaired) electrons. The van der Waals surface area contributed by atoms with E-state index in [2.05, 4.69) is 23.7 Å².